The van der Waals surface area contributed by atoms with Crippen LogP contribution in [0.1, 0.15) is 39.2 Å². The van der Waals surface area contributed by atoms with Gasteiger partial charge in [0.1, 0.15) is 5.75 Å². The van der Waals surface area contributed by atoms with E-state index in [0.29, 0.717) is 5.92 Å². The van der Waals surface area contributed by atoms with E-state index >= 15 is 0 Å². The van der Waals surface area contributed by atoms with Crippen LogP contribution in [0, 0.1) is 5.92 Å². The maximum Gasteiger partial charge on any atom is 0.119 e. The molecule has 1 heteroatoms. The van der Waals surface area contributed by atoms with Crippen molar-refractivity contribution < 1.29 is 4.74 Å². The molecule has 0 saturated heterocycles. The van der Waals surface area contributed by atoms with Crippen LogP contribution in [-0.2, 0) is 6.42 Å². The summed E-state index contributed by atoms with van der Waals surface area (Å²) in [5.41, 5.74) is 1.37. The van der Waals surface area contributed by atoms with Gasteiger partial charge in [-0.2, -0.15) is 0 Å². The number of hydrogen-bond acceptors (Lipinski definition) is 1. The topological polar surface area (TPSA) is 9.23 Å². The highest BCUT2D eigenvalue weighted by Crippen LogP contribution is 2.15. The quantitative estimate of drug-likeness (QED) is 0.682. The first-order chi connectivity index (χ1) is 7.30. The minimum Gasteiger partial charge on any atom is -0.493 e. The molecule has 0 aliphatic rings. The SMILES string of the molecule is CCc1ccc(OCC(CC)CC)cc1. The van der Waals surface area contributed by atoms with Gasteiger partial charge < -0.3 is 4.74 Å². The van der Waals surface area contributed by atoms with Gasteiger partial charge in [-0.05, 0) is 30.0 Å². The second-order valence-corrected chi connectivity index (χ2v) is 3.99. The third kappa shape index (κ3) is 3.94. The molecule has 0 aliphatic heterocycles. The van der Waals surface area contributed by atoms with Crippen molar-refractivity contribution in [2.24, 2.45) is 5.92 Å². The minimum atomic E-state index is 0.691. The molecule has 1 aromatic carbocycles. The van der Waals surface area contributed by atoms with Crippen LogP contribution in [0.4, 0.5) is 0 Å². The van der Waals surface area contributed by atoms with Crippen LogP contribution in [0.3, 0.4) is 0 Å². The lowest BCUT2D eigenvalue weighted by Gasteiger charge is -2.13. The highest BCUT2D eigenvalue weighted by molar-refractivity contribution is 5.27. The van der Waals surface area contributed by atoms with E-state index in [0.717, 1.165) is 18.8 Å². The average molecular weight is 206 g/mol. The normalized spacial score (nSPS) is 10.7. The molecule has 0 unspecified atom stereocenters. The summed E-state index contributed by atoms with van der Waals surface area (Å²) in [6.07, 6.45) is 3.49. The molecule has 0 radical (unpaired) electrons. The summed E-state index contributed by atoms with van der Waals surface area (Å²) >= 11 is 0. The molecule has 0 bridgehead atoms. The van der Waals surface area contributed by atoms with Gasteiger partial charge in [-0.1, -0.05) is 45.7 Å². The highest BCUT2D eigenvalue weighted by atomic mass is 16.5. The summed E-state index contributed by atoms with van der Waals surface area (Å²) in [5, 5.41) is 0. The van der Waals surface area contributed by atoms with Crippen LogP contribution in [0.25, 0.3) is 0 Å². The molecule has 1 aromatic rings. The first kappa shape index (κ1) is 12.1. The Labute approximate surface area is 93.5 Å². The zero-order valence-electron chi connectivity index (χ0n) is 10.1. The van der Waals surface area contributed by atoms with Crippen LogP contribution >= 0.6 is 0 Å². The van der Waals surface area contributed by atoms with E-state index in [1.54, 1.807) is 0 Å². The number of benzene rings is 1. The van der Waals surface area contributed by atoms with Crippen LogP contribution < -0.4 is 4.74 Å². The molecule has 0 fully saturated rings. The van der Waals surface area contributed by atoms with Crippen LogP contribution in [0.2, 0.25) is 0 Å². The zero-order valence-corrected chi connectivity index (χ0v) is 10.1. The molecule has 0 heterocycles. The summed E-state index contributed by atoms with van der Waals surface area (Å²) in [7, 11) is 0. The summed E-state index contributed by atoms with van der Waals surface area (Å²) in [5.74, 6) is 1.69. The van der Waals surface area contributed by atoms with Crippen molar-refractivity contribution in [1.82, 2.24) is 0 Å². The predicted octanol–water partition coefficient (Wildman–Crippen LogP) is 4.06. The van der Waals surface area contributed by atoms with Gasteiger partial charge in [0.2, 0.25) is 0 Å². The summed E-state index contributed by atoms with van der Waals surface area (Å²) in [4.78, 5) is 0. The third-order valence-electron chi connectivity index (χ3n) is 2.97. The molecule has 0 N–H and O–H groups in total. The van der Waals surface area contributed by atoms with E-state index in [-0.39, 0.29) is 0 Å². The standard InChI is InChI=1S/C14H22O/c1-4-12(5-2)11-15-14-9-7-13(6-3)8-10-14/h7-10,12H,4-6,11H2,1-3H3. The Morgan fingerprint density at radius 3 is 2.07 bits per heavy atom. The maximum absolute atomic E-state index is 5.75. The van der Waals surface area contributed by atoms with Crippen molar-refractivity contribution in [3.8, 4) is 5.75 Å². The van der Waals surface area contributed by atoms with E-state index in [2.05, 4.69) is 45.0 Å². The fraction of sp³-hybridized carbons (Fsp3) is 0.571. The average Bonchev–Trinajstić information content (AvgIpc) is 2.31. The molecule has 84 valence electrons. The van der Waals surface area contributed by atoms with Crippen molar-refractivity contribution in [1.29, 1.82) is 0 Å². The summed E-state index contributed by atoms with van der Waals surface area (Å²) in [6.45, 7) is 7.45. The van der Waals surface area contributed by atoms with Crippen molar-refractivity contribution in [3.05, 3.63) is 29.8 Å². The maximum atomic E-state index is 5.75. The van der Waals surface area contributed by atoms with Crippen LogP contribution in [-0.4, -0.2) is 6.61 Å². The van der Waals surface area contributed by atoms with Gasteiger partial charge in [0, 0.05) is 0 Å². The number of ether oxygens (including phenoxy) is 1. The largest absolute Gasteiger partial charge is 0.493 e. The van der Waals surface area contributed by atoms with E-state index in [4.69, 9.17) is 4.74 Å². The van der Waals surface area contributed by atoms with Gasteiger partial charge in [0.25, 0.3) is 0 Å². The molecule has 0 aliphatic carbocycles. The molecule has 0 aromatic heterocycles. The van der Waals surface area contributed by atoms with E-state index < -0.39 is 0 Å². The molecule has 0 amide bonds. The molecule has 0 saturated carbocycles. The van der Waals surface area contributed by atoms with E-state index in [1.807, 2.05) is 0 Å². The molecule has 15 heavy (non-hydrogen) atoms. The van der Waals surface area contributed by atoms with Gasteiger partial charge in [-0.15, -0.1) is 0 Å². The monoisotopic (exact) mass is 206 g/mol. The third-order valence-corrected chi connectivity index (χ3v) is 2.97. The molecule has 0 spiro atoms. The molecular weight excluding hydrogens is 184 g/mol. The Hall–Kier alpha value is -0.980. The Bertz CT molecular complexity index is 259. The Balaban J connectivity index is 2.43. The fourth-order valence-corrected chi connectivity index (χ4v) is 1.56. The minimum absolute atomic E-state index is 0.691. The first-order valence-corrected chi connectivity index (χ1v) is 6.01. The predicted molar refractivity (Wildman–Crippen MR) is 65.4 cm³/mol. The van der Waals surface area contributed by atoms with Crippen molar-refractivity contribution in [2.75, 3.05) is 6.61 Å². The lowest BCUT2D eigenvalue weighted by Crippen LogP contribution is -2.09. The zero-order chi connectivity index (χ0) is 11.1. The number of aryl methyl sites for hydroxylation is 1. The lowest BCUT2D eigenvalue weighted by molar-refractivity contribution is 0.240. The Kier molecular flexibility index (Phi) is 5.23. The van der Waals surface area contributed by atoms with E-state index in [9.17, 15) is 0 Å². The van der Waals surface area contributed by atoms with Crippen molar-refractivity contribution in [3.63, 3.8) is 0 Å². The number of rotatable bonds is 6. The lowest BCUT2D eigenvalue weighted by atomic mass is 10.1. The van der Waals surface area contributed by atoms with Gasteiger partial charge >= 0.3 is 0 Å². The van der Waals surface area contributed by atoms with Gasteiger partial charge in [-0.25, -0.2) is 0 Å². The summed E-state index contributed by atoms with van der Waals surface area (Å²) < 4.78 is 5.75. The number of hydrogen-bond donors (Lipinski definition) is 0. The van der Waals surface area contributed by atoms with Crippen LogP contribution in [0.5, 0.6) is 5.75 Å². The van der Waals surface area contributed by atoms with Gasteiger partial charge in [0.15, 0.2) is 0 Å². The van der Waals surface area contributed by atoms with Crippen LogP contribution in [0.15, 0.2) is 24.3 Å². The second kappa shape index (κ2) is 6.49. The van der Waals surface area contributed by atoms with Crippen molar-refractivity contribution >= 4 is 0 Å². The van der Waals surface area contributed by atoms with Crippen molar-refractivity contribution in [2.45, 2.75) is 40.0 Å². The fourth-order valence-electron chi connectivity index (χ4n) is 1.56. The summed E-state index contributed by atoms with van der Waals surface area (Å²) in [6, 6.07) is 8.42. The molecule has 1 nitrogen and oxygen atoms in total. The first-order valence-electron chi connectivity index (χ1n) is 6.01. The highest BCUT2D eigenvalue weighted by Gasteiger charge is 2.03. The van der Waals surface area contributed by atoms with Gasteiger partial charge in [0.05, 0.1) is 6.61 Å². The second-order valence-electron chi connectivity index (χ2n) is 3.99. The Morgan fingerprint density at radius 1 is 1.00 bits per heavy atom. The smallest absolute Gasteiger partial charge is 0.119 e. The molecule has 0 atom stereocenters. The van der Waals surface area contributed by atoms with Gasteiger partial charge in [-0.3, -0.25) is 0 Å². The molecule has 1 rings (SSSR count). The molecular formula is C14H22O. The Morgan fingerprint density at radius 2 is 1.60 bits per heavy atom. The van der Waals surface area contributed by atoms with E-state index in [1.165, 1.54) is 18.4 Å².